The summed E-state index contributed by atoms with van der Waals surface area (Å²) in [5.41, 5.74) is 3.15. The molecule has 4 aromatic rings. The maximum atomic E-state index is 13.0. The predicted molar refractivity (Wildman–Crippen MR) is 140 cm³/mol. The lowest BCUT2D eigenvalue weighted by Gasteiger charge is -2.18. The fourth-order valence-electron chi connectivity index (χ4n) is 3.55. The highest BCUT2D eigenvalue weighted by atomic mass is 35.5. The van der Waals surface area contributed by atoms with Crippen LogP contribution < -0.4 is 10.8 Å². The molecule has 1 N–H and O–H groups in total. The van der Waals surface area contributed by atoms with Crippen LogP contribution in [0.1, 0.15) is 16.1 Å². The lowest BCUT2D eigenvalue weighted by atomic mass is 10.0. The first-order valence-electron chi connectivity index (χ1n) is 10.7. The number of rotatable bonds is 9. The van der Waals surface area contributed by atoms with Gasteiger partial charge in [0.05, 0.1) is 12.8 Å². The smallest absolute Gasteiger partial charge is 0.349 e. The van der Waals surface area contributed by atoms with Crippen LogP contribution in [-0.2, 0) is 14.8 Å². The third-order valence-corrected chi connectivity index (χ3v) is 8.69. The van der Waals surface area contributed by atoms with E-state index in [9.17, 15) is 13.2 Å². The molecular formula is C22H23BClN5O4S2. The molecule has 1 aromatic carbocycles. The lowest BCUT2D eigenvalue weighted by molar-refractivity contribution is 0.0602. The van der Waals surface area contributed by atoms with E-state index >= 15 is 0 Å². The highest BCUT2D eigenvalue weighted by molar-refractivity contribution is 7.89. The molecule has 0 bridgehead atoms. The minimum absolute atomic E-state index is 0.0444. The van der Waals surface area contributed by atoms with Crippen LogP contribution in [0.5, 0.6) is 0 Å². The molecule has 35 heavy (non-hydrogen) atoms. The largest absolute Gasteiger partial charge is 0.465 e. The number of nitrogens with zero attached hydrogens (tertiary/aromatic N) is 4. The van der Waals surface area contributed by atoms with Crippen molar-refractivity contribution in [2.24, 2.45) is 0 Å². The van der Waals surface area contributed by atoms with Crippen LogP contribution in [0, 0.1) is 0 Å². The second-order valence-corrected chi connectivity index (χ2v) is 11.1. The fourth-order valence-corrected chi connectivity index (χ4v) is 6.30. The first-order chi connectivity index (χ1) is 16.7. The molecule has 3 heterocycles. The zero-order valence-corrected chi connectivity index (χ0v) is 21.7. The molecule has 3 aromatic heterocycles. The van der Waals surface area contributed by atoms with Gasteiger partial charge in [0.15, 0.2) is 5.65 Å². The molecule has 0 unspecified atom stereocenters. The molecule has 0 saturated heterocycles. The number of anilines is 1. The van der Waals surface area contributed by atoms with Crippen molar-refractivity contribution in [2.45, 2.75) is 11.3 Å². The average molecular weight is 532 g/mol. The Hall–Kier alpha value is -2.93. The van der Waals surface area contributed by atoms with E-state index < -0.39 is 16.0 Å². The summed E-state index contributed by atoms with van der Waals surface area (Å²) in [6.45, 7) is 0.725. The molecule has 0 spiro atoms. The first kappa shape index (κ1) is 25.2. The number of sulfonamides is 1. The molecule has 9 nitrogen and oxygen atoms in total. The Labute approximate surface area is 213 Å². The molecule has 13 heteroatoms. The number of esters is 1. The van der Waals surface area contributed by atoms with Crippen LogP contribution in [0.2, 0.25) is 5.02 Å². The quantitative estimate of drug-likeness (QED) is 0.201. The Morgan fingerprint density at radius 2 is 2.09 bits per heavy atom. The minimum Gasteiger partial charge on any atom is -0.465 e. The number of fused-ring (bicyclic) bond motifs is 1. The van der Waals surface area contributed by atoms with E-state index in [0.29, 0.717) is 35.1 Å². The number of ether oxygens (including phenoxy) is 1. The van der Waals surface area contributed by atoms with E-state index in [4.69, 9.17) is 21.3 Å². The zero-order chi connectivity index (χ0) is 25.2. The van der Waals surface area contributed by atoms with Crippen molar-refractivity contribution in [2.75, 3.05) is 32.6 Å². The molecule has 0 atom stereocenters. The molecular weight excluding hydrogens is 509 g/mol. The van der Waals surface area contributed by atoms with Crippen molar-refractivity contribution >= 4 is 63.7 Å². The summed E-state index contributed by atoms with van der Waals surface area (Å²) in [6, 6.07) is 10.8. The summed E-state index contributed by atoms with van der Waals surface area (Å²) >= 11 is 7.43. The normalized spacial score (nSPS) is 11.8. The van der Waals surface area contributed by atoms with E-state index in [1.807, 2.05) is 38.2 Å². The number of hydrogen-bond acceptors (Lipinski definition) is 8. The Morgan fingerprint density at radius 1 is 1.31 bits per heavy atom. The standard InChI is InChI=1S/C22H23BClN5O4S2/c1-28(35(31,32)18-8-11-34-20(18)22(30)33-2)10-5-9-25-19-12-17(14-6-3-4-7-16(14)24)27-21-15(23)13-26-29(19)21/h3-4,6-8,11-13,25H,5,9-10,23H2,1-2H3. The van der Waals surface area contributed by atoms with Gasteiger partial charge in [-0.3, -0.25) is 0 Å². The molecule has 4 rings (SSSR count). The van der Waals surface area contributed by atoms with E-state index in [2.05, 4.69) is 10.4 Å². The van der Waals surface area contributed by atoms with Gasteiger partial charge < -0.3 is 10.1 Å². The fraction of sp³-hybridized carbons (Fsp3) is 0.227. The van der Waals surface area contributed by atoms with Crippen LogP contribution in [0.15, 0.2) is 52.9 Å². The highest BCUT2D eigenvalue weighted by Gasteiger charge is 2.28. The van der Waals surface area contributed by atoms with Crippen LogP contribution in [-0.4, -0.2) is 68.4 Å². The number of halogens is 1. The third-order valence-electron chi connectivity index (χ3n) is 5.44. The van der Waals surface area contributed by atoms with Crippen molar-refractivity contribution in [3.8, 4) is 11.3 Å². The van der Waals surface area contributed by atoms with E-state index in [1.54, 1.807) is 16.1 Å². The van der Waals surface area contributed by atoms with Gasteiger partial charge in [0.2, 0.25) is 10.0 Å². The number of thiophene rings is 1. The Kier molecular flexibility index (Phi) is 7.46. The number of nitrogens with one attached hydrogen (secondary N) is 1. The summed E-state index contributed by atoms with van der Waals surface area (Å²) in [4.78, 5) is 16.7. The first-order valence-corrected chi connectivity index (χ1v) is 13.4. The average Bonchev–Trinajstić information content (AvgIpc) is 3.49. The van der Waals surface area contributed by atoms with Gasteiger partial charge >= 0.3 is 5.97 Å². The summed E-state index contributed by atoms with van der Waals surface area (Å²) < 4.78 is 33.6. The SMILES string of the molecule is Bc1cnn2c(NCCCN(C)S(=O)(=O)c3ccsc3C(=O)OC)cc(-c3ccccc3Cl)nc12. The van der Waals surface area contributed by atoms with Gasteiger partial charge in [0.1, 0.15) is 23.4 Å². The number of aromatic nitrogens is 3. The molecule has 0 saturated carbocycles. The van der Waals surface area contributed by atoms with Crippen LogP contribution in [0.4, 0.5) is 5.82 Å². The van der Waals surface area contributed by atoms with Crippen molar-refractivity contribution in [3.63, 3.8) is 0 Å². The van der Waals surface area contributed by atoms with Gasteiger partial charge in [0, 0.05) is 43.0 Å². The Bertz CT molecular complexity index is 1490. The lowest BCUT2D eigenvalue weighted by Crippen LogP contribution is -2.30. The molecule has 0 aliphatic rings. The van der Waals surface area contributed by atoms with Gasteiger partial charge in [-0.2, -0.15) is 9.61 Å². The van der Waals surface area contributed by atoms with Gasteiger partial charge in [-0.1, -0.05) is 29.8 Å². The van der Waals surface area contributed by atoms with Gasteiger partial charge in [-0.15, -0.1) is 11.3 Å². The van der Waals surface area contributed by atoms with Gasteiger partial charge in [0.25, 0.3) is 0 Å². The van der Waals surface area contributed by atoms with Gasteiger partial charge in [-0.25, -0.2) is 22.5 Å². The molecule has 182 valence electrons. The van der Waals surface area contributed by atoms with Crippen molar-refractivity contribution in [1.82, 2.24) is 18.9 Å². The maximum Gasteiger partial charge on any atom is 0.349 e. The summed E-state index contributed by atoms with van der Waals surface area (Å²) in [7, 11) is 0.816. The number of hydrogen-bond donors (Lipinski definition) is 1. The summed E-state index contributed by atoms with van der Waals surface area (Å²) in [6.07, 6.45) is 2.25. The predicted octanol–water partition coefficient (Wildman–Crippen LogP) is 2.28. The zero-order valence-electron chi connectivity index (χ0n) is 19.4. The number of benzene rings is 1. The molecule has 0 radical (unpaired) electrons. The van der Waals surface area contributed by atoms with E-state index in [0.717, 1.165) is 22.4 Å². The summed E-state index contributed by atoms with van der Waals surface area (Å²) in [5, 5.41) is 9.90. The Balaban J connectivity index is 1.48. The summed E-state index contributed by atoms with van der Waals surface area (Å²) in [5.74, 6) is 0.0496. The van der Waals surface area contributed by atoms with Crippen LogP contribution in [0.3, 0.4) is 0 Å². The van der Waals surface area contributed by atoms with Crippen molar-refractivity contribution in [3.05, 3.63) is 57.9 Å². The molecule has 0 aliphatic heterocycles. The topological polar surface area (TPSA) is 106 Å². The van der Waals surface area contributed by atoms with Gasteiger partial charge in [-0.05, 0) is 29.4 Å². The number of carbonyl (C=O) groups is 1. The maximum absolute atomic E-state index is 13.0. The second-order valence-electron chi connectivity index (χ2n) is 7.78. The van der Waals surface area contributed by atoms with E-state index in [1.165, 1.54) is 24.5 Å². The van der Waals surface area contributed by atoms with E-state index in [-0.39, 0.29) is 16.3 Å². The van der Waals surface area contributed by atoms with Crippen LogP contribution >= 0.6 is 22.9 Å². The van der Waals surface area contributed by atoms with Crippen LogP contribution in [0.25, 0.3) is 16.9 Å². The Morgan fingerprint density at radius 3 is 2.83 bits per heavy atom. The van der Waals surface area contributed by atoms with Crippen molar-refractivity contribution < 1.29 is 17.9 Å². The second kappa shape index (κ2) is 10.4. The minimum atomic E-state index is -3.83. The highest BCUT2D eigenvalue weighted by Crippen LogP contribution is 2.28. The number of carbonyl (C=O) groups excluding carboxylic acids is 1. The van der Waals surface area contributed by atoms with Crippen molar-refractivity contribution in [1.29, 1.82) is 0 Å². The third kappa shape index (κ3) is 5.06. The number of methoxy groups -OCH3 is 1. The monoisotopic (exact) mass is 531 g/mol. The molecule has 0 amide bonds. The molecule has 0 fully saturated rings. The molecule has 0 aliphatic carbocycles.